The lowest BCUT2D eigenvalue weighted by Gasteiger charge is -2.28. The Balaban J connectivity index is 3.41. The van der Waals surface area contributed by atoms with E-state index in [4.69, 9.17) is 5.73 Å². The normalized spacial score (nSPS) is 12.9. The zero-order valence-electron chi connectivity index (χ0n) is 10.7. The van der Waals surface area contributed by atoms with Crippen molar-refractivity contribution in [1.29, 1.82) is 0 Å². The van der Waals surface area contributed by atoms with Crippen LogP contribution in [0.15, 0.2) is 12.1 Å². The molecule has 0 aromatic carbocycles. The molecule has 0 bridgehead atoms. The molecule has 2 N–H and O–H groups in total. The standard InChI is InChI=1S/C13H22N2/c1-12(2,3)9-7-8-10(14)15-11(9)13(4,5)6/h7-8H,1-6H3,(H2,14,15). The number of nitrogen functional groups attached to an aromatic ring is 1. The second-order valence-corrected chi connectivity index (χ2v) is 6.13. The molecule has 1 aromatic rings. The molecule has 1 aromatic heterocycles. The first kappa shape index (κ1) is 12.0. The molecular weight excluding hydrogens is 184 g/mol. The van der Waals surface area contributed by atoms with Gasteiger partial charge in [0, 0.05) is 5.41 Å². The molecule has 0 aliphatic rings. The number of anilines is 1. The van der Waals surface area contributed by atoms with Crippen molar-refractivity contribution >= 4 is 5.82 Å². The number of pyridine rings is 1. The third-order valence-corrected chi connectivity index (χ3v) is 2.44. The van der Waals surface area contributed by atoms with Crippen molar-refractivity contribution in [3.63, 3.8) is 0 Å². The van der Waals surface area contributed by atoms with Gasteiger partial charge in [0.2, 0.25) is 0 Å². The summed E-state index contributed by atoms with van der Waals surface area (Å²) in [6, 6.07) is 3.98. The van der Waals surface area contributed by atoms with E-state index in [9.17, 15) is 0 Å². The Hall–Kier alpha value is -1.05. The van der Waals surface area contributed by atoms with Crippen molar-refractivity contribution in [1.82, 2.24) is 4.98 Å². The van der Waals surface area contributed by atoms with Crippen LogP contribution in [0.2, 0.25) is 0 Å². The Morgan fingerprint density at radius 1 is 0.933 bits per heavy atom. The first-order chi connectivity index (χ1) is 6.62. The molecule has 0 radical (unpaired) electrons. The maximum absolute atomic E-state index is 5.76. The van der Waals surface area contributed by atoms with E-state index in [1.165, 1.54) is 5.56 Å². The van der Waals surface area contributed by atoms with E-state index < -0.39 is 0 Å². The summed E-state index contributed by atoms with van der Waals surface area (Å²) in [4.78, 5) is 4.49. The Bertz CT molecular complexity index is 354. The molecule has 0 amide bonds. The molecule has 0 aliphatic heterocycles. The molecule has 15 heavy (non-hydrogen) atoms. The summed E-state index contributed by atoms with van der Waals surface area (Å²) in [5.74, 6) is 0.605. The third kappa shape index (κ3) is 2.71. The van der Waals surface area contributed by atoms with E-state index >= 15 is 0 Å². The quantitative estimate of drug-likeness (QED) is 0.707. The number of hydrogen-bond acceptors (Lipinski definition) is 2. The first-order valence-electron chi connectivity index (χ1n) is 5.40. The predicted octanol–water partition coefficient (Wildman–Crippen LogP) is 3.26. The van der Waals surface area contributed by atoms with Gasteiger partial charge in [0.05, 0.1) is 5.69 Å². The monoisotopic (exact) mass is 206 g/mol. The highest BCUT2D eigenvalue weighted by Gasteiger charge is 2.26. The van der Waals surface area contributed by atoms with Gasteiger partial charge in [-0.1, -0.05) is 47.6 Å². The van der Waals surface area contributed by atoms with E-state index in [0.29, 0.717) is 5.82 Å². The Labute approximate surface area is 92.9 Å². The summed E-state index contributed by atoms with van der Waals surface area (Å²) in [7, 11) is 0. The second-order valence-electron chi connectivity index (χ2n) is 6.13. The summed E-state index contributed by atoms with van der Waals surface area (Å²) in [5.41, 5.74) is 8.30. The van der Waals surface area contributed by atoms with Gasteiger partial charge in [0.1, 0.15) is 5.82 Å². The van der Waals surface area contributed by atoms with Crippen molar-refractivity contribution in [3.8, 4) is 0 Å². The van der Waals surface area contributed by atoms with Gasteiger partial charge < -0.3 is 5.73 Å². The van der Waals surface area contributed by atoms with Gasteiger partial charge in [-0.25, -0.2) is 4.98 Å². The maximum atomic E-state index is 5.76. The average Bonchev–Trinajstić information content (AvgIpc) is 2.00. The SMILES string of the molecule is CC(C)(C)c1ccc(N)nc1C(C)(C)C. The minimum Gasteiger partial charge on any atom is -0.384 e. The topological polar surface area (TPSA) is 38.9 Å². The van der Waals surface area contributed by atoms with Crippen LogP contribution in [0.3, 0.4) is 0 Å². The lowest BCUT2D eigenvalue weighted by atomic mass is 9.78. The van der Waals surface area contributed by atoms with E-state index in [-0.39, 0.29) is 10.8 Å². The molecule has 0 saturated carbocycles. The van der Waals surface area contributed by atoms with Crippen molar-refractivity contribution in [3.05, 3.63) is 23.4 Å². The average molecular weight is 206 g/mol. The predicted molar refractivity (Wildman–Crippen MR) is 66.0 cm³/mol. The van der Waals surface area contributed by atoms with E-state index in [2.05, 4.69) is 52.6 Å². The van der Waals surface area contributed by atoms with Crippen LogP contribution in [-0.2, 0) is 10.8 Å². The van der Waals surface area contributed by atoms with Crippen LogP contribution in [0.25, 0.3) is 0 Å². The van der Waals surface area contributed by atoms with Gasteiger partial charge >= 0.3 is 0 Å². The molecule has 0 atom stereocenters. The van der Waals surface area contributed by atoms with Crippen LogP contribution in [-0.4, -0.2) is 4.98 Å². The van der Waals surface area contributed by atoms with Crippen molar-refractivity contribution in [2.75, 3.05) is 5.73 Å². The fourth-order valence-corrected chi connectivity index (χ4v) is 1.65. The molecule has 1 rings (SSSR count). The minimum absolute atomic E-state index is 0.0397. The van der Waals surface area contributed by atoms with E-state index in [1.54, 1.807) is 0 Å². The lowest BCUT2D eigenvalue weighted by Crippen LogP contribution is -2.24. The number of hydrogen-bond donors (Lipinski definition) is 1. The van der Waals surface area contributed by atoms with Gasteiger partial charge in [-0.05, 0) is 17.0 Å². The molecule has 2 heteroatoms. The molecule has 1 heterocycles. The Kier molecular flexibility index (Phi) is 2.81. The summed E-state index contributed by atoms with van der Waals surface area (Å²) in [6.45, 7) is 13.1. The van der Waals surface area contributed by atoms with Gasteiger partial charge in [-0.15, -0.1) is 0 Å². The van der Waals surface area contributed by atoms with Crippen LogP contribution < -0.4 is 5.73 Å². The first-order valence-corrected chi connectivity index (χ1v) is 5.40. The van der Waals surface area contributed by atoms with Crippen LogP contribution in [0.4, 0.5) is 5.82 Å². The Morgan fingerprint density at radius 2 is 1.47 bits per heavy atom. The fraction of sp³-hybridized carbons (Fsp3) is 0.615. The van der Waals surface area contributed by atoms with E-state index in [1.807, 2.05) is 6.07 Å². The van der Waals surface area contributed by atoms with Crippen molar-refractivity contribution in [2.45, 2.75) is 52.4 Å². The smallest absolute Gasteiger partial charge is 0.123 e. The zero-order valence-corrected chi connectivity index (χ0v) is 10.7. The fourth-order valence-electron chi connectivity index (χ4n) is 1.65. The highest BCUT2D eigenvalue weighted by atomic mass is 14.9. The van der Waals surface area contributed by atoms with Crippen LogP contribution in [0, 0.1) is 0 Å². The van der Waals surface area contributed by atoms with Crippen molar-refractivity contribution in [2.24, 2.45) is 0 Å². The summed E-state index contributed by atoms with van der Waals surface area (Å²) >= 11 is 0. The molecule has 0 unspecified atom stereocenters. The largest absolute Gasteiger partial charge is 0.384 e. The maximum Gasteiger partial charge on any atom is 0.123 e. The summed E-state index contributed by atoms with van der Waals surface area (Å²) in [6.07, 6.45) is 0. The molecular formula is C13H22N2. The molecule has 0 fully saturated rings. The van der Waals surface area contributed by atoms with Crippen LogP contribution >= 0.6 is 0 Å². The lowest BCUT2D eigenvalue weighted by molar-refractivity contribution is 0.515. The van der Waals surface area contributed by atoms with Crippen molar-refractivity contribution < 1.29 is 0 Å². The highest BCUT2D eigenvalue weighted by Crippen LogP contribution is 2.32. The van der Waals surface area contributed by atoms with Gasteiger partial charge in [0.15, 0.2) is 0 Å². The molecule has 0 aliphatic carbocycles. The number of aromatic nitrogens is 1. The Morgan fingerprint density at radius 3 is 1.87 bits per heavy atom. The highest BCUT2D eigenvalue weighted by molar-refractivity contribution is 5.40. The molecule has 2 nitrogen and oxygen atoms in total. The van der Waals surface area contributed by atoms with Crippen LogP contribution in [0.5, 0.6) is 0 Å². The van der Waals surface area contributed by atoms with E-state index in [0.717, 1.165) is 5.69 Å². The van der Waals surface area contributed by atoms with Crippen LogP contribution in [0.1, 0.15) is 52.8 Å². The molecule has 0 spiro atoms. The molecule has 84 valence electrons. The van der Waals surface area contributed by atoms with Gasteiger partial charge in [-0.2, -0.15) is 0 Å². The number of nitrogens with two attached hydrogens (primary N) is 1. The number of nitrogens with zero attached hydrogens (tertiary/aromatic N) is 1. The van der Waals surface area contributed by atoms with Gasteiger partial charge in [-0.3, -0.25) is 0 Å². The minimum atomic E-state index is 0.0397. The summed E-state index contributed by atoms with van der Waals surface area (Å²) in [5, 5.41) is 0. The number of rotatable bonds is 0. The van der Waals surface area contributed by atoms with Gasteiger partial charge in [0.25, 0.3) is 0 Å². The second kappa shape index (κ2) is 3.51. The zero-order chi connectivity index (χ0) is 11.9. The summed E-state index contributed by atoms with van der Waals surface area (Å²) < 4.78 is 0. The third-order valence-electron chi connectivity index (χ3n) is 2.44. The molecule has 0 saturated heterocycles.